The van der Waals surface area contributed by atoms with Crippen molar-refractivity contribution in [3.8, 4) is 0 Å². The summed E-state index contributed by atoms with van der Waals surface area (Å²) in [6, 6.07) is 0. The molecule has 0 radical (unpaired) electrons. The van der Waals surface area contributed by atoms with Crippen LogP contribution in [-0.2, 0) is 0 Å². The summed E-state index contributed by atoms with van der Waals surface area (Å²) in [6.45, 7) is 19.7. The summed E-state index contributed by atoms with van der Waals surface area (Å²) >= 11 is 0.250. The highest BCUT2D eigenvalue weighted by Crippen LogP contribution is 2.70. The standard InChI is InChI=1S/2C27H43F3O2.CH3FS/c2*1-17(10-13-26(5,32)27(28,29)30)20-8-9-21-19-7-6-18-16-23(2,31)14-15-24(18,3)22(19)11-12-25(20,21)4;1-3-2/h2*6,17,19-22,31-32H,7-16H2,1-5H3;1H3/t17-,19+,20-,21+,22+,23+,24+,25-,26?;17-,19+,20-,21+,22+,23+,24+,25-,26+;/m11./s1. The summed E-state index contributed by atoms with van der Waals surface area (Å²) in [5, 5.41) is 41.1. The Morgan fingerprint density at radius 2 is 0.896 bits per heavy atom. The van der Waals surface area contributed by atoms with Crippen molar-refractivity contribution in [2.45, 2.75) is 232 Å². The van der Waals surface area contributed by atoms with Crippen molar-refractivity contribution < 1.29 is 50.7 Å². The molecule has 0 aromatic carbocycles. The Morgan fingerprint density at radius 3 is 1.21 bits per heavy atom. The van der Waals surface area contributed by atoms with Gasteiger partial charge in [-0.3, -0.25) is 0 Å². The van der Waals surface area contributed by atoms with E-state index in [1.807, 2.05) is 13.8 Å². The zero-order valence-electron chi connectivity index (χ0n) is 42.9. The molecule has 8 rings (SSSR count). The number of rotatable bonds is 8. The number of aliphatic hydroxyl groups is 4. The van der Waals surface area contributed by atoms with E-state index in [9.17, 15) is 50.7 Å². The van der Waals surface area contributed by atoms with Crippen LogP contribution < -0.4 is 0 Å². The van der Waals surface area contributed by atoms with Gasteiger partial charge in [-0.05, 0) is 237 Å². The van der Waals surface area contributed by atoms with Crippen LogP contribution in [0.3, 0.4) is 0 Å². The minimum absolute atomic E-state index is 0.186. The second kappa shape index (κ2) is 19.2. The van der Waals surface area contributed by atoms with E-state index >= 15 is 0 Å². The number of allylic oxidation sites excluding steroid dienone is 2. The number of alkyl halides is 6. The summed E-state index contributed by atoms with van der Waals surface area (Å²) in [6.07, 6.45) is 14.4. The third kappa shape index (κ3) is 10.5. The molecule has 6 saturated carbocycles. The van der Waals surface area contributed by atoms with Crippen LogP contribution in [0, 0.1) is 80.8 Å². The van der Waals surface area contributed by atoms with E-state index in [1.165, 1.54) is 43.1 Å². The van der Waals surface area contributed by atoms with Gasteiger partial charge in [-0.25, -0.2) is 0 Å². The van der Waals surface area contributed by atoms with Gasteiger partial charge in [-0.1, -0.05) is 64.8 Å². The maximum Gasteiger partial charge on any atom is 0.416 e. The van der Waals surface area contributed by atoms with Crippen molar-refractivity contribution in [3.63, 3.8) is 0 Å². The highest BCUT2D eigenvalue weighted by molar-refractivity contribution is 7.93. The highest BCUT2D eigenvalue weighted by atomic mass is 32.2. The van der Waals surface area contributed by atoms with Gasteiger partial charge < -0.3 is 20.4 Å². The fourth-order valence-electron chi connectivity index (χ4n) is 17.3. The summed E-state index contributed by atoms with van der Waals surface area (Å²) in [5.74, 6) is 5.14. The molecule has 0 spiro atoms. The van der Waals surface area contributed by atoms with Crippen molar-refractivity contribution in [3.05, 3.63) is 23.3 Å². The Kier molecular flexibility index (Phi) is 15.9. The van der Waals surface area contributed by atoms with Gasteiger partial charge >= 0.3 is 12.4 Å². The predicted molar refractivity (Wildman–Crippen MR) is 256 cm³/mol. The smallest absolute Gasteiger partial charge is 0.390 e. The van der Waals surface area contributed by atoms with Crippen molar-refractivity contribution in [1.82, 2.24) is 0 Å². The average molecular weight is 979 g/mol. The molecule has 0 saturated heterocycles. The molecule has 0 amide bonds. The first kappa shape index (κ1) is 55.5. The zero-order valence-corrected chi connectivity index (χ0v) is 43.7. The molecule has 67 heavy (non-hydrogen) atoms. The minimum atomic E-state index is -4.57. The fourth-order valence-corrected chi connectivity index (χ4v) is 17.3. The fraction of sp³-hybridized carbons (Fsp3) is 0.927. The van der Waals surface area contributed by atoms with Crippen LogP contribution in [0.4, 0.5) is 30.2 Å². The van der Waals surface area contributed by atoms with Crippen LogP contribution >= 0.6 is 12.1 Å². The van der Waals surface area contributed by atoms with Gasteiger partial charge in [0.25, 0.3) is 0 Å². The van der Waals surface area contributed by atoms with Gasteiger partial charge in [0.1, 0.15) is 0 Å². The van der Waals surface area contributed by atoms with Crippen molar-refractivity contribution in [1.29, 1.82) is 0 Å². The van der Waals surface area contributed by atoms with Crippen molar-refractivity contribution in [2.24, 2.45) is 80.8 Å². The van der Waals surface area contributed by atoms with Crippen LogP contribution in [0.1, 0.15) is 198 Å². The lowest BCUT2D eigenvalue weighted by Gasteiger charge is -2.59. The molecule has 1 unspecified atom stereocenters. The Bertz CT molecular complexity index is 1660. The van der Waals surface area contributed by atoms with E-state index in [0.717, 1.165) is 90.9 Å². The summed E-state index contributed by atoms with van der Waals surface area (Å²) < 4.78 is 89.0. The number of hydrogen-bond donors (Lipinski definition) is 4. The Hall–Kier alpha value is -0.820. The summed E-state index contributed by atoms with van der Waals surface area (Å²) in [7, 11) is 0. The second-order valence-corrected chi connectivity index (χ2v) is 26.4. The third-order valence-corrected chi connectivity index (χ3v) is 21.7. The first-order chi connectivity index (χ1) is 30.6. The molecule has 8 aliphatic carbocycles. The Balaban J connectivity index is 0.000000209. The van der Waals surface area contributed by atoms with Crippen LogP contribution in [-0.4, -0.2) is 61.4 Å². The molecule has 4 nitrogen and oxygen atoms in total. The van der Waals surface area contributed by atoms with Gasteiger partial charge in [-0.2, -0.15) is 30.2 Å². The molecular formula is C55H89F7O4S. The number of hydrogen-bond acceptors (Lipinski definition) is 5. The molecule has 4 N–H and O–H groups in total. The molecule has 0 heterocycles. The van der Waals surface area contributed by atoms with Crippen LogP contribution in [0.5, 0.6) is 0 Å². The SMILES string of the molecule is CSF.C[C@H](CCC(C)(O)C(F)(F)F)[C@H]1CC[C@H]2[C@@H]3CC=C4C[C@@](C)(O)CC[C@]4(C)[C@H]3CC[C@]12C.C[C@H](CC[C@](C)(O)C(F)(F)F)[C@H]1CC[C@H]2[C@@H]3CC=C4C[C@@](C)(O)CC[C@]4(C)[C@H]3CC[C@]12C. The topological polar surface area (TPSA) is 80.9 Å². The largest absolute Gasteiger partial charge is 0.416 e. The van der Waals surface area contributed by atoms with Crippen molar-refractivity contribution in [2.75, 3.05) is 6.26 Å². The van der Waals surface area contributed by atoms with Crippen LogP contribution in [0.25, 0.3) is 0 Å². The third-order valence-electron chi connectivity index (χ3n) is 21.7. The Morgan fingerprint density at radius 1 is 0.567 bits per heavy atom. The zero-order chi connectivity index (χ0) is 50.2. The molecule has 12 heteroatoms. The molecule has 388 valence electrons. The normalized spacial score (nSPS) is 45.2. The highest BCUT2D eigenvalue weighted by Gasteiger charge is 2.62. The average Bonchev–Trinajstić information content (AvgIpc) is 3.76. The quantitative estimate of drug-likeness (QED) is 0.144. The second-order valence-electron chi connectivity index (χ2n) is 26.1. The van der Waals surface area contributed by atoms with E-state index in [4.69, 9.17) is 0 Å². The van der Waals surface area contributed by atoms with E-state index < -0.39 is 34.8 Å². The molecule has 8 aliphatic rings. The van der Waals surface area contributed by atoms with Crippen LogP contribution in [0.15, 0.2) is 23.3 Å². The molecular weight excluding hydrogens is 890 g/mol. The minimum Gasteiger partial charge on any atom is -0.390 e. The first-order valence-electron chi connectivity index (χ1n) is 26.2. The molecule has 0 bridgehead atoms. The van der Waals surface area contributed by atoms with Gasteiger partial charge in [-0.15, -0.1) is 0 Å². The van der Waals surface area contributed by atoms with E-state index in [2.05, 4.69) is 53.7 Å². The molecule has 6 fully saturated rings. The molecule has 0 aromatic rings. The van der Waals surface area contributed by atoms with E-state index in [-0.39, 0.29) is 58.5 Å². The maximum atomic E-state index is 13.1. The van der Waals surface area contributed by atoms with Gasteiger partial charge in [0.2, 0.25) is 0 Å². The molecule has 0 aliphatic heterocycles. The maximum absolute atomic E-state index is 13.1. The van der Waals surface area contributed by atoms with Crippen LogP contribution in [0.2, 0.25) is 0 Å². The lowest BCUT2D eigenvalue weighted by atomic mass is 9.46. The van der Waals surface area contributed by atoms with Gasteiger partial charge in [0, 0.05) is 18.4 Å². The molecule has 18 atom stereocenters. The van der Waals surface area contributed by atoms with Gasteiger partial charge in [0.15, 0.2) is 11.2 Å². The predicted octanol–water partition coefficient (Wildman–Crippen LogP) is 15.3. The summed E-state index contributed by atoms with van der Waals surface area (Å²) in [4.78, 5) is 0. The molecule has 0 aromatic heterocycles. The van der Waals surface area contributed by atoms with E-state index in [0.29, 0.717) is 60.2 Å². The lowest BCUT2D eigenvalue weighted by molar-refractivity contribution is -0.256. The monoisotopic (exact) mass is 979 g/mol. The number of halogens is 7. The van der Waals surface area contributed by atoms with Crippen molar-refractivity contribution >= 4 is 12.1 Å². The lowest BCUT2D eigenvalue weighted by Crippen LogP contribution is -2.52. The van der Waals surface area contributed by atoms with E-state index in [1.54, 1.807) is 0 Å². The summed E-state index contributed by atoms with van der Waals surface area (Å²) in [5.41, 5.74) is -2.65. The number of fused-ring (bicyclic) bond motifs is 10. The first-order valence-corrected chi connectivity index (χ1v) is 27.3. The van der Waals surface area contributed by atoms with Gasteiger partial charge in [0.05, 0.1) is 11.2 Å². The Labute approximate surface area is 404 Å².